The summed E-state index contributed by atoms with van der Waals surface area (Å²) in [4.78, 5) is 50.1. The fourth-order valence-corrected chi connectivity index (χ4v) is 4.78. The molecular formula is C22H26O7. The number of esters is 3. The molecule has 3 aliphatic rings. The molecule has 1 heterocycles. The van der Waals surface area contributed by atoms with Crippen LogP contribution in [0.4, 0.5) is 0 Å². The average Bonchev–Trinajstić information content (AvgIpc) is 2.94. The molecule has 3 rings (SSSR count). The van der Waals surface area contributed by atoms with Gasteiger partial charge in [0.15, 0.2) is 5.78 Å². The lowest BCUT2D eigenvalue weighted by atomic mass is 9.67. The normalized spacial score (nSPS) is 38.8. The van der Waals surface area contributed by atoms with Gasteiger partial charge < -0.3 is 14.2 Å². The zero-order valence-corrected chi connectivity index (χ0v) is 17.3. The molecule has 7 heteroatoms. The third kappa shape index (κ3) is 3.12. The number of allylic oxidation sites excluding steroid dienone is 3. The Morgan fingerprint density at radius 3 is 2.48 bits per heavy atom. The molecule has 7 atom stereocenters. The molecule has 0 aromatic rings. The second-order valence-electron chi connectivity index (χ2n) is 8.18. The maximum atomic E-state index is 13.0. The molecule has 2 aliphatic carbocycles. The van der Waals surface area contributed by atoms with Crippen molar-refractivity contribution in [2.24, 2.45) is 23.2 Å². The minimum Gasteiger partial charge on any atom is -0.458 e. The Bertz CT molecular complexity index is 851. The van der Waals surface area contributed by atoms with E-state index in [0.717, 1.165) is 0 Å². The quantitative estimate of drug-likeness (QED) is 0.406. The van der Waals surface area contributed by atoms with Gasteiger partial charge in [-0.15, -0.1) is 0 Å². The number of rotatable bonds is 3. The van der Waals surface area contributed by atoms with Crippen molar-refractivity contribution in [2.45, 2.75) is 52.9 Å². The van der Waals surface area contributed by atoms with Crippen LogP contribution in [0.25, 0.3) is 0 Å². The highest BCUT2D eigenvalue weighted by molar-refractivity contribution is 5.99. The van der Waals surface area contributed by atoms with Crippen molar-refractivity contribution in [3.05, 3.63) is 36.0 Å². The number of ketones is 1. The van der Waals surface area contributed by atoms with Crippen molar-refractivity contribution in [3.8, 4) is 0 Å². The first-order chi connectivity index (χ1) is 13.5. The summed E-state index contributed by atoms with van der Waals surface area (Å²) in [5, 5.41) is 0. The Labute approximate surface area is 169 Å². The van der Waals surface area contributed by atoms with Crippen LogP contribution in [0.15, 0.2) is 36.0 Å². The molecule has 1 saturated heterocycles. The van der Waals surface area contributed by atoms with Crippen LogP contribution in [0, 0.1) is 23.2 Å². The molecule has 1 saturated carbocycles. The summed E-state index contributed by atoms with van der Waals surface area (Å²) in [7, 11) is 0. The second kappa shape index (κ2) is 7.28. The smallest absolute Gasteiger partial charge is 0.334 e. The molecule has 0 unspecified atom stereocenters. The van der Waals surface area contributed by atoms with Crippen LogP contribution in [0.1, 0.15) is 34.6 Å². The van der Waals surface area contributed by atoms with Crippen LogP contribution in [0.5, 0.6) is 0 Å². The van der Waals surface area contributed by atoms with Gasteiger partial charge in [0.2, 0.25) is 0 Å². The summed E-state index contributed by atoms with van der Waals surface area (Å²) >= 11 is 0. The number of carbonyl (C=O) groups excluding carboxylic acids is 4. The maximum absolute atomic E-state index is 13.0. The molecule has 2 bridgehead atoms. The van der Waals surface area contributed by atoms with E-state index in [4.69, 9.17) is 14.2 Å². The van der Waals surface area contributed by atoms with E-state index in [-0.39, 0.29) is 23.2 Å². The predicted octanol–water partition coefficient (Wildman–Crippen LogP) is 2.31. The summed E-state index contributed by atoms with van der Waals surface area (Å²) in [6, 6.07) is 0. The first-order valence-corrected chi connectivity index (χ1v) is 9.67. The van der Waals surface area contributed by atoms with Crippen molar-refractivity contribution in [1.29, 1.82) is 0 Å². The van der Waals surface area contributed by atoms with Gasteiger partial charge in [0.1, 0.15) is 18.3 Å². The number of ether oxygens (including phenoxy) is 3. The maximum Gasteiger partial charge on any atom is 0.334 e. The largest absolute Gasteiger partial charge is 0.458 e. The predicted molar refractivity (Wildman–Crippen MR) is 102 cm³/mol. The van der Waals surface area contributed by atoms with Gasteiger partial charge >= 0.3 is 17.9 Å². The van der Waals surface area contributed by atoms with Crippen LogP contribution in [0.3, 0.4) is 0 Å². The Kier molecular flexibility index (Phi) is 5.28. The SMILES string of the molecule is C=C1C(=O)O[C@@H]2[C@H](C)[C@H]3C=CC(=O)[C@]3(C)[C@H](OC(=O)/C(C)=C/C)[C@@H]1[C@@H]2OC(C)=O. The van der Waals surface area contributed by atoms with Crippen molar-refractivity contribution in [2.75, 3.05) is 0 Å². The second-order valence-corrected chi connectivity index (χ2v) is 8.18. The number of fused-ring (bicyclic) bond motifs is 3. The summed E-state index contributed by atoms with van der Waals surface area (Å²) < 4.78 is 17.0. The lowest BCUT2D eigenvalue weighted by Gasteiger charge is -2.42. The minimum atomic E-state index is -1.14. The van der Waals surface area contributed by atoms with E-state index in [1.165, 1.54) is 13.0 Å². The molecule has 0 amide bonds. The first-order valence-electron chi connectivity index (χ1n) is 9.67. The molecule has 0 spiro atoms. The molecule has 0 aromatic carbocycles. The molecule has 0 aromatic heterocycles. The van der Waals surface area contributed by atoms with Crippen molar-refractivity contribution in [1.82, 2.24) is 0 Å². The Hall–Kier alpha value is -2.70. The van der Waals surface area contributed by atoms with Crippen LogP contribution < -0.4 is 0 Å². The molecule has 0 N–H and O–H groups in total. The number of hydrogen-bond donors (Lipinski definition) is 0. The van der Waals surface area contributed by atoms with Gasteiger partial charge in [0.05, 0.1) is 11.3 Å². The summed E-state index contributed by atoms with van der Waals surface area (Å²) in [6.45, 7) is 12.0. The zero-order chi connectivity index (χ0) is 21.7. The van der Waals surface area contributed by atoms with Gasteiger partial charge in [0, 0.05) is 24.0 Å². The fraction of sp³-hybridized carbons (Fsp3) is 0.545. The van der Waals surface area contributed by atoms with Crippen molar-refractivity contribution >= 4 is 23.7 Å². The lowest BCUT2D eigenvalue weighted by molar-refractivity contribution is -0.187. The van der Waals surface area contributed by atoms with Crippen molar-refractivity contribution in [3.63, 3.8) is 0 Å². The van der Waals surface area contributed by atoms with E-state index in [1.54, 1.807) is 32.9 Å². The van der Waals surface area contributed by atoms with Gasteiger partial charge in [-0.1, -0.05) is 25.7 Å². The molecule has 1 aliphatic heterocycles. The topological polar surface area (TPSA) is 96.0 Å². The molecule has 29 heavy (non-hydrogen) atoms. The van der Waals surface area contributed by atoms with Gasteiger partial charge in [-0.05, 0) is 32.8 Å². The highest BCUT2D eigenvalue weighted by atomic mass is 16.6. The number of carbonyl (C=O) groups is 4. The van der Waals surface area contributed by atoms with E-state index in [2.05, 4.69) is 6.58 Å². The monoisotopic (exact) mass is 402 g/mol. The van der Waals surface area contributed by atoms with E-state index in [9.17, 15) is 19.2 Å². The average molecular weight is 402 g/mol. The van der Waals surface area contributed by atoms with E-state index in [0.29, 0.717) is 5.57 Å². The highest BCUT2D eigenvalue weighted by Gasteiger charge is 2.65. The minimum absolute atomic E-state index is 0.0252. The van der Waals surface area contributed by atoms with Gasteiger partial charge in [-0.3, -0.25) is 9.59 Å². The highest BCUT2D eigenvalue weighted by Crippen LogP contribution is 2.55. The van der Waals surface area contributed by atoms with Crippen LogP contribution in [-0.2, 0) is 33.4 Å². The summed E-state index contributed by atoms with van der Waals surface area (Å²) in [5.74, 6) is -3.62. The molecule has 0 radical (unpaired) electrons. The molecule has 2 fully saturated rings. The van der Waals surface area contributed by atoms with E-state index in [1.807, 2.05) is 6.92 Å². The third-order valence-corrected chi connectivity index (χ3v) is 6.56. The third-order valence-electron chi connectivity index (χ3n) is 6.56. The Morgan fingerprint density at radius 2 is 1.90 bits per heavy atom. The Morgan fingerprint density at radius 1 is 1.24 bits per heavy atom. The van der Waals surface area contributed by atoms with Crippen LogP contribution >= 0.6 is 0 Å². The van der Waals surface area contributed by atoms with E-state index >= 15 is 0 Å². The lowest BCUT2D eigenvalue weighted by Crippen LogP contribution is -2.54. The van der Waals surface area contributed by atoms with E-state index < -0.39 is 47.6 Å². The summed E-state index contributed by atoms with van der Waals surface area (Å²) in [6.07, 6.45) is 2.12. The zero-order valence-electron chi connectivity index (χ0n) is 17.3. The van der Waals surface area contributed by atoms with Gasteiger partial charge in [-0.2, -0.15) is 0 Å². The number of hydrogen-bond acceptors (Lipinski definition) is 7. The van der Waals surface area contributed by atoms with Gasteiger partial charge in [0.25, 0.3) is 0 Å². The van der Waals surface area contributed by atoms with Crippen LogP contribution in [-0.4, -0.2) is 42.0 Å². The molecular weight excluding hydrogens is 376 g/mol. The first kappa shape index (κ1) is 21.0. The van der Waals surface area contributed by atoms with Crippen molar-refractivity contribution < 1.29 is 33.4 Å². The van der Waals surface area contributed by atoms with Crippen LogP contribution in [0.2, 0.25) is 0 Å². The fourth-order valence-electron chi connectivity index (χ4n) is 4.78. The standard InChI is InChI=1S/C22H26O7/c1-7-10(2)20(25)29-19-16-12(4)21(26)28-17(18(16)27-13(5)23)11(3)14-8-9-15(24)22(14,19)6/h7-9,11,14,16-19H,4H2,1-3,5-6H3/b10-7+/t11-,14-,16+,17-,18+,19-,22-/m1/s1. The Balaban J connectivity index is 2.20. The van der Waals surface area contributed by atoms with Gasteiger partial charge in [-0.25, -0.2) is 9.59 Å². The summed E-state index contributed by atoms with van der Waals surface area (Å²) in [5.41, 5.74) is -0.750. The molecule has 7 nitrogen and oxygen atoms in total. The molecule has 156 valence electrons.